The smallest absolute Gasteiger partial charge is 0.416 e. The van der Waals surface area contributed by atoms with Crippen LogP contribution in [0.2, 0.25) is 0 Å². The molecule has 1 aromatic heterocycles. The first-order valence-electron chi connectivity index (χ1n) is 17.2. The van der Waals surface area contributed by atoms with Crippen LogP contribution in [0, 0.1) is 43.7 Å². The summed E-state index contributed by atoms with van der Waals surface area (Å²) < 4.78 is 79.3. The second-order valence-corrected chi connectivity index (χ2v) is 14.1. The molecule has 8 nitrogen and oxygen atoms in total. The van der Waals surface area contributed by atoms with Gasteiger partial charge in [0.05, 0.1) is 31.2 Å². The molecule has 278 valence electrons. The molecule has 52 heavy (non-hydrogen) atoms. The number of morpholine rings is 1. The number of carboxylic acid groups (broad SMARTS) is 1. The van der Waals surface area contributed by atoms with Crippen LogP contribution in [-0.2, 0) is 26.9 Å². The van der Waals surface area contributed by atoms with Crippen molar-refractivity contribution in [1.29, 1.82) is 0 Å². The van der Waals surface area contributed by atoms with Crippen LogP contribution in [0.1, 0.15) is 85.0 Å². The van der Waals surface area contributed by atoms with Crippen molar-refractivity contribution in [3.05, 3.63) is 91.9 Å². The summed E-state index contributed by atoms with van der Waals surface area (Å²) in [7, 11) is 0. The second kappa shape index (κ2) is 15.6. The molecule has 2 aromatic carbocycles. The number of carboxylic acids is 1. The highest BCUT2D eigenvalue weighted by Crippen LogP contribution is 2.36. The van der Waals surface area contributed by atoms with Crippen molar-refractivity contribution < 1.29 is 41.4 Å². The molecule has 0 radical (unpaired) electrons. The molecule has 3 heterocycles. The number of hydrogen-bond donors (Lipinski definition) is 2. The van der Waals surface area contributed by atoms with Crippen molar-refractivity contribution in [1.82, 2.24) is 14.8 Å². The molecule has 0 aliphatic carbocycles. The monoisotopic (exact) mass is 727 g/mol. The zero-order valence-corrected chi connectivity index (χ0v) is 29.4. The van der Waals surface area contributed by atoms with Crippen molar-refractivity contribution in [2.24, 2.45) is 5.92 Å². The summed E-state index contributed by atoms with van der Waals surface area (Å²) in [6.45, 7) is 8.09. The van der Waals surface area contributed by atoms with E-state index < -0.39 is 59.3 Å². The Labute approximate surface area is 299 Å². The third kappa shape index (κ3) is 8.40. The number of rotatable bonds is 12. The predicted molar refractivity (Wildman–Crippen MR) is 185 cm³/mol. The molecule has 2 N–H and O–H groups in total. The van der Waals surface area contributed by atoms with E-state index >= 15 is 4.39 Å². The van der Waals surface area contributed by atoms with Gasteiger partial charge in [-0.05, 0) is 97.5 Å². The van der Waals surface area contributed by atoms with E-state index in [-0.39, 0.29) is 47.5 Å². The number of amides is 1. The molecule has 2 bridgehead atoms. The van der Waals surface area contributed by atoms with Gasteiger partial charge < -0.3 is 19.7 Å². The van der Waals surface area contributed by atoms with Crippen LogP contribution in [0.25, 0.3) is 11.1 Å². The van der Waals surface area contributed by atoms with E-state index in [1.54, 1.807) is 27.7 Å². The van der Waals surface area contributed by atoms with Crippen LogP contribution in [0.3, 0.4) is 0 Å². The number of aliphatic carboxylic acids is 1. The van der Waals surface area contributed by atoms with Crippen molar-refractivity contribution >= 4 is 11.9 Å². The predicted octanol–water partition coefficient (Wildman–Crippen LogP) is 6.74. The number of carbonyl (C=O) groups excluding carboxylic acids is 1. The second-order valence-electron chi connectivity index (χ2n) is 14.1. The van der Waals surface area contributed by atoms with Gasteiger partial charge in [-0.3, -0.25) is 19.3 Å². The Balaban J connectivity index is 1.54. The van der Waals surface area contributed by atoms with Crippen molar-refractivity contribution in [2.75, 3.05) is 19.8 Å². The van der Waals surface area contributed by atoms with Crippen LogP contribution in [0.5, 0.6) is 0 Å². The Bertz CT molecular complexity index is 1910. The molecule has 2 unspecified atom stereocenters. The molecule has 0 saturated carbocycles. The number of terminal acetylenes is 1. The van der Waals surface area contributed by atoms with Gasteiger partial charge in [0, 0.05) is 42.0 Å². The van der Waals surface area contributed by atoms with Gasteiger partial charge in [-0.15, -0.1) is 6.42 Å². The molecule has 1 amide bonds. The van der Waals surface area contributed by atoms with Crippen LogP contribution >= 0.6 is 0 Å². The Kier molecular flexibility index (Phi) is 11.6. The van der Waals surface area contributed by atoms with Crippen molar-refractivity contribution in [3.63, 3.8) is 0 Å². The fraction of sp³-hybridized carbons (Fsp3) is 0.462. The van der Waals surface area contributed by atoms with Crippen molar-refractivity contribution in [3.8, 4) is 23.5 Å². The minimum Gasteiger partial charge on any atom is -0.481 e. The van der Waals surface area contributed by atoms with Crippen LogP contribution in [-0.4, -0.2) is 58.3 Å². The number of halogens is 5. The fourth-order valence-corrected chi connectivity index (χ4v) is 7.62. The highest BCUT2D eigenvalue weighted by Gasteiger charge is 2.39. The standard InChI is InChI=1S/C39H42F5N3O5/c1-6-24-14-32(41)30(15-29(24)37-22(4)12-26(40)13-23(37)5)33(17-36(49)50)45-38(51)34(11-21(2)3)47-18-25(31(16-35(47)48)39(42,43)44)9-10-46-27-7-8-28(46)20-52-19-27/h1,12-16,18,21,27-28,33-34H,7-11,17,19-20H2,2-5H3,(H,45,51)(H,49,50)/t27?,28?,33-,34+/m0/s1. The van der Waals surface area contributed by atoms with Gasteiger partial charge in [-0.1, -0.05) is 19.8 Å². The third-order valence-corrected chi connectivity index (χ3v) is 9.96. The van der Waals surface area contributed by atoms with Gasteiger partial charge in [-0.2, -0.15) is 13.2 Å². The SMILES string of the molecule is C#Cc1cc(F)c([C@H](CC(=O)O)NC(=O)[C@@H](CC(C)C)n2cc(CCN3C4CCC3COC4)c(C(F)(F)F)cc2=O)cc1-c1c(C)cc(F)cc1C. The number of benzene rings is 2. The van der Waals surface area contributed by atoms with Gasteiger partial charge in [0.15, 0.2) is 0 Å². The summed E-state index contributed by atoms with van der Waals surface area (Å²) in [5.74, 6) is -1.49. The number of aromatic nitrogens is 1. The Morgan fingerprint density at radius 1 is 1.06 bits per heavy atom. The molecule has 2 aliphatic heterocycles. The molecule has 0 spiro atoms. The summed E-state index contributed by atoms with van der Waals surface area (Å²) in [5.41, 5.74) is -0.627. The molecule has 4 atom stereocenters. The van der Waals surface area contributed by atoms with E-state index in [2.05, 4.69) is 16.1 Å². The maximum atomic E-state index is 15.8. The summed E-state index contributed by atoms with van der Waals surface area (Å²) in [5, 5.41) is 12.4. The highest BCUT2D eigenvalue weighted by molar-refractivity contribution is 5.82. The molecule has 2 aliphatic rings. The normalized spacial score (nSPS) is 18.6. The Hall–Kier alpha value is -4.54. The lowest BCUT2D eigenvalue weighted by Crippen LogP contribution is -2.46. The number of nitrogens with zero attached hydrogens (tertiary/aromatic N) is 2. The summed E-state index contributed by atoms with van der Waals surface area (Å²) in [6.07, 6.45) is 2.88. The summed E-state index contributed by atoms with van der Waals surface area (Å²) >= 11 is 0. The Morgan fingerprint density at radius 2 is 1.69 bits per heavy atom. The first-order chi connectivity index (χ1) is 24.5. The average Bonchev–Trinajstić information content (AvgIpc) is 3.26. The number of hydrogen-bond acceptors (Lipinski definition) is 5. The van der Waals surface area contributed by atoms with E-state index in [0.717, 1.165) is 29.7 Å². The number of alkyl halides is 3. The first-order valence-corrected chi connectivity index (χ1v) is 17.2. The van der Waals surface area contributed by atoms with Crippen LogP contribution in [0.4, 0.5) is 22.0 Å². The molecule has 13 heteroatoms. The molecular formula is C39H42F5N3O5. The highest BCUT2D eigenvalue weighted by atomic mass is 19.4. The maximum absolute atomic E-state index is 15.8. The van der Waals surface area contributed by atoms with E-state index in [0.29, 0.717) is 48.1 Å². The minimum atomic E-state index is -4.83. The average molecular weight is 728 g/mol. The lowest BCUT2D eigenvalue weighted by Gasteiger charge is -2.34. The first kappa shape index (κ1) is 38.7. The van der Waals surface area contributed by atoms with E-state index in [9.17, 15) is 37.1 Å². The van der Waals surface area contributed by atoms with Crippen molar-refractivity contribution in [2.45, 2.75) is 90.1 Å². The van der Waals surface area contributed by atoms with Gasteiger partial charge in [0.1, 0.15) is 17.7 Å². The lowest BCUT2D eigenvalue weighted by atomic mass is 9.88. The van der Waals surface area contributed by atoms with E-state index in [4.69, 9.17) is 11.2 Å². The zero-order valence-electron chi connectivity index (χ0n) is 29.4. The van der Waals surface area contributed by atoms with Gasteiger partial charge >= 0.3 is 12.1 Å². The fourth-order valence-electron chi connectivity index (χ4n) is 7.62. The Morgan fingerprint density at radius 3 is 2.25 bits per heavy atom. The third-order valence-electron chi connectivity index (χ3n) is 9.96. The number of pyridine rings is 1. The van der Waals surface area contributed by atoms with Crippen LogP contribution < -0.4 is 10.9 Å². The number of nitrogens with one attached hydrogen (secondary N) is 1. The minimum absolute atomic E-state index is 0.00167. The summed E-state index contributed by atoms with van der Waals surface area (Å²) in [6, 6.07) is 2.76. The van der Waals surface area contributed by atoms with E-state index in [1.165, 1.54) is 18.2 Å². The maximum Gasteiger partial charge on any atom is 0.416 e. The topological polar surface area (TPSA) is 101 Å². The zero-order chi connectivity index (χ0) is 38.1. The molecular weight excluding hydrogens is 685 g/mol. The number of fused-ring (bicyclic) bond motifs is 2. The molecule has 5 rings (SSSR count). The summed E-state index contributed by atoms with van der Waals surface area (Å²) in [4.78, 5) is 41.7. The number of carbonyl (C=O) groups is 2. The van der Waals surface area contributed by atoms with E-state index in [1.807, 2.05) is 0 Å². The van der Waals surface area contributed by atoms with Gasteiger partial charge in [0.25, 0.3) is 5.56 Å². The van der Waals surface area contributed by atoms with Gasteiger partial charge in [0.2, 0.25) is 5.91 Å². The number of aryl methyl sites for hydroxylation is 2. The quantitative estimate of drug-likeness (QED) is 0.159. The largest absolute Gasteiger partial charge is 0.481 e. The van der Waals surface area contributed by atoms with Crippen LogP contribution in [0.15, 0.2) is 41.3 Å². The van der Waals surface area contributed by atoms with Gasteiger partial charge in [-0.25, -0.2) is 8.78 Å². The lowest BCUT2D eigenvalue weighted by molar-refractivity contribution is -0.139. The molecule has 2 saturated heterocycles. The molecule has 2 fully saturated rings. The number of ether oxygens (including phenoxy) is 1. The molecule has 3 aromatic rings.